The minimum absolute atomic E-state index is 0.172. The maximum absolute atomic E-state index is 12.9. The first kappa shape index (κ1) is 16.2. The molecule has 0 fully saturated rings. The summed E-state index contributed by atoms with van der Waals surface area (Å²) in [5.74, 6) is -0.172. The van der Waals surface area contributed by atoms with Crippen LogP contribution < -0.4 is 16.0 Å². The smallest absolute Gasteiger partial charge is 0.255 e. The lowest BCUT2D eigenvalue weighted by Gasteiger charge is -2.30. The Kier molecular flexibility index (Phi) is 4.35. The summed E-state index contributed by atoms with van der Waals surface area (Å²) in [5.41, 5.74) is 4.00. The molecule has 6 nitrogen and oxygen atoms in total. The number of para-hydroxylation sites is 1. The van der Waals surface area contributed by atoms with Crippen molar-refractivity contribution in [1.29, 1.82) is 0 Å². The van der Waals surface area contributed by atoms with Gasteiger partial charge in [0.1, 0.15) is 0 Å². The van der Waals surface area contributed by atoms with Crippen LogP contribution in [-0.4, -0.2) is 20.8 Å². The highest BCUT2D eigenvalue weighted by Gasteiger charge is 2.31. The van der Waals surface area contributed by atoms with Gasteiger partial charge in [0.2, 0.25) is 0 Å². The van der Waals surface area contributed by atoms with Gasteiger partial charge in [-0.25, -0.2) is 0 Å². The second-order valence-corrected chi connectivity index (χ2v) is 6.11. The van der Waals surface area contributed by atoms with Crippen molar-refractivity contribution < 1.29 is 4.79 Å². The maximum atomic E-state index is 12.9. The second-order valence-electron chi connectivity index (χ2n) is 5.70. The molecule has 1 amide bonds. The Balaban J connectivity index is 1.98. The molecule has 0 radical (unpaired) electrons. The van der Waals surface area contributed by atoms with Crippen LogP contribution in [0.3, 0.4) is 0 Å². The summed E-state index contributed by atoms with van der Waals surface area (Å²) in [7, 11) is 1.87. The molecule has 0 saturated carbocycles. The highest BCUT2D eigenvalue weighted by atomic mass is 32.1. The van der Waals surface area contributed by atoms with Crippen LogP contribution in [0.1, 0.15) is 24.2 Å². The summed E-state index contributed by atoms with van der Waals surface area (Å²) in [6.07, 6.45) is 1.77. The van der Waals surface area contributed by atoms with Crippen LogP contribution >= 0.6 is 12.2 Å². The lowest BCUT2D eigenvalue weighted by molar-refractivity contribution is -0.113. The molecule has 1 aliphatic heterocycles. The number of aryl methyl sites for hydroxylation is 1. The van der Waals surface area contributed by atoms with Gasteiger partial charge in [-0.15, -0.1) is 0 Å². The van der Waals surface area contributed by atoms with Crippen LogP contribution in [0.2, 0.25) is 0 Å². The molecule has 0 spiro atoms. The maximum Gasteiger partial charge on any atom is 0.255 e. The monoisotopic (exact) mass is 341 g/mol. The van der Waals surface area contributed by atoms with Crippen molar-refractivity contribution in [2.75, 3.05) is 5.32 Å². The average molecular weight is 341 g/mol. The third kappa shape index (κ3) is 3.03. The van der Waals surface area contributed by atoms with Crippen molar-refractivity contribution in [2.24, 2.45) is 7.05 Å². The first-order chi connectivity index (χ1) is 11.5. The van der Waals surface area contributed by atoms with E-state index in [0.717, 1.165) is 22.6 Å². The fraction of sp³-hybridized carbons (Fsp3) is 0.235. The van der Waals surface area contributed by atoms with Crippen molar-refractivity contribution in [1.82, 2.24) is 20.4 Å². The summed E-state index contributed by atoms with van der Waals surface area (Å²) in [6.45, 7) is 3.82. The Morgan fingerprint density at radius 3 is 2.62 bits per heavy atom. The Morgan fingerprint density at radius 2 is 2.00 bits per heavy atom. The predicted octanol–water partition coefficient (Wildman–Crippen LogP) is 2.16. The van der Waals surface area contributed by atoms with Gasteiger partial charge < -0.3 is 16.0 Å². The molecule has 124 valence electrons. The van der Waals surface area contributed by atoms with Gasteiger partial charge in [0.05, 0.1) is 17.8 Å². The summed E-state index contributed by atoms with van der Waals surface area (Å²) in [4.78, 5) is 12.9. The van der Waals surface area contributed by atoms with Gasteiger partial charge in [0.15, 0.2) is 5.11 Å². The van der Waals surface area contributed by atoms with Crippen LogP contribution in [0.15, 0.2) is 47.8 Å². The largest absolute Gasteiger partial charge is 0.351 e. The van der Waals surface area contributed by atoms with E-state index in [1.54, 1.807) is 10.9 Å². The number of anilines is 1. The number of rotatable bonds is 3. The molecule has 1 aromatic carbocycles. The van der Waals surface area contributed by atoms with Crippen LogP contribution in [-0.2, 0) is 11.8 Å². The van der Waals surface area contributed by atoms with Crippen molar-refractivity contribution in [3.63, 3.8) is 0 Å². The summed E-state index contributed by atoms with van der Waals surface area (Å²) in [5, 5.41) is 13.9. The van der Waals surface area contributed by atoms with Crippen molar-refractivity contribution in [3.8, 4) is 0 Å². The first-order valence-electron chi connectivity index (χ1n) is 7.60. The Morgan fingerprint density at radius 1 is 1.29 bits per heavy atom. The molecular formula is C17H19N5OS. The molecule has 1 aliphatic rings. The molecule has 3 rings (SSSR count). The van der Waals surface area contributed by atoms with Crippen LogP contribution in [0.4, 0.5) is 5.69 Å². The molecule has 0 saturated heterocycles. The average Bonchev–Trinajstić information content (AvgIpc) is 2.87. The van der Waals surface area contributed by atoms with Crippen molar-refractivity contribution in [3.05, 3.63) is 59.1 Å². The zero-order valence-electron chi connectivity index (χ0n) is 13.8. The number of nitrogens with zero attached hydrogens (tertiary/aromatic N) is 2. The Bertz CT molecular complexity index is 825. The predicted molar refractivity (Wildman–Crippen MR) is 97.3 cm³/mol. The van der Waals surface area contributed by atoms with Gasteiger partial charge >= 0.3 is 0 Å². The van der Waals surface area contributed by atoms with Gasteiger partial charge in [-0.1, -0.05) is 18.2 Å². The standard InChI is InChI=1S/C17H19N5OS/c1-10-14(16(23)20-12-7-5-4-6-8-12)15(21-17(24)19-10)13-9-18-22(3)11(13)2/h4-9,15H,1-3H3,(H,20,23)(H2,19,21,24)/t15-/m0/s1. The molecule has 0 unspecified atom stereocenters. The zero-order valence-corrected chi connectivity index (χ0v) is 14.6. The molecule has 0 bridgehead atoms. The minimum Gasteiger partial charge on any atom is -0.351 e. The van der Waals surface area contributed by atoms with Crippen LogP contribution in [0.5, 0.6) is 0 Å². The van der Waals surface area contributed by atoms with Gasteiger partial charge in [-0.2, -0.15) is 5.10 Å². The van der Waals surface area contributed by atoms with E-state index in [9.17, 15) is 4.79 Å². The number of allylic oxidation sites excluding steroid dienone is 1. The number of carbonyl (C=O) groups is 1. The Hall–Kier alpha value is -2.67. The molecule has 7 heteroatoms. The zero-order chi connectivity index (χ0) is 17.3. The quantitative estimate of drug-likeness (QED) is 0.747. The number of benzene rings is 1. The summed E-state index contributed by atoms with van der Waals surface area (Å²) >= 11 is 5.26. The fourth-order valence-corrected chi connectivity index (χ4v) is 3.02. The van der Waals surface area contributed by atoms with Gasteiger partial charge in [-0.05, 0) is 38.2 Å². The second kappa shape index (κ2) is 6.45. The number of nitrogens with one attached hydrogen (secondary N) is 3. The topological polar surface area (TPSA) is 71.0 Å². The fourth-order valence-electron chi connectivity index (χ4n) is 2.75. The molecule has 2 aromatic rings. The SMILES string of the molecule is CC1=C(C(=O)Nc2ccccc2)[C@H](c2cnn(C)c2C)NC(=S)N1. The van der Waals surface area contributed by atoms with E-state index in [-0.39, 0.29) is 11.9 Å². The number of hydrogen-bond acceptors (Lipinski definition) is 3. The van der Waals surface area contributed by atoms with Crippen molar-refractivity contribution >= 4 is 28.9 Å². The molecule has 2 heterocycles. The third-order valence-electron chi connectivity index (χ3n) is 4.13. The molecule has 3 N–H and O–H groups in total. The highest BCUT2D eigenvalue weighted by Crippen LogP contribution is 2.29. The first-order valence-corrected chi connectivity index (χ1v) is 8.01. The number of carbonyl (C=O) groups excluding carboxylic acids is 1. The van der Waals surface area contributed by atoms with E-state index >= 15 is 0 Å². The van der Waals surface area contributed by atoms with E-state index in [2.05, 4.69) is 21.0 Å². The van der Waals surface area contributed by atoms with E-state index in [4.69, 9.17) is 12.2 Å². The van der Waals surface area contributed by atoms with Crippen molar-refractivity contribution in [2.45, 2.75) is 19.9 Å². The highest BCUT2D eigenvalue weighted by molar-refractivity contribution is 7.80. The number of thiocarbonyl (C=S) groups is 1. The molecule has 0 aliphatic carbocycles. The Labute approximate surface area is 145 Å². The van der Waals surface area contributed by atoms with Gasteiger partial charge in [0, 0.05) is 29.7 Å². The van der Waals surface area contributed by atoms with Gasteiger partial charge in [0.25, 0.3) is 5.91 Å². The lowest BCUT2D eigenvalue weighted by Crippen LogP contribution is -2.45. The normalized spacial score (nSPS) is 17.3. The lowest BCUT2D eigenvalue weighted by atomic mass is 9.95. The number of aromatic nitrogens is 2. The molecule has 24 heavy (non-hydrogen) atoms. The molecular weight excluding hydrogens is 322 g/mol. The number of hydrogen-bond donors (Lipinski definition) is 3. The van der Waals surface area contributed by atoms with E-state index < -0.39 is 0 Å². The van der Waals surface area contributed by atoms with Gasteiger partial charge in [-0.3, -0.25) is 9.48 Å². The third-order valence-corrected chi connectivity index (χ3v) is 4.35. The van der Waals surface area contributed by atoms with E-state index in [1.807, 2.05) is 51.2 Å². The molecule has 1 aromatic heterocycles. The minimum atomic E-state index is -0.337. The summed E-state index contributed by atoms with van der Waals surface area (Å²) in [6, 6.07) is 9.04. The molecule has 1 atom stereocenters. The van der Waals surface area contributed by atoms with Crippen LogP contribution in [0.25, 0.3) is 0 Å². The van der Waals surface area contributed by atoms with E-state index in [1.165, 1.54) is 0 Å². The summed E-state index contributed by atoms with van der Waals surface area (Å²) < 4.78 is 1.78. The van der Waals surface area contributed by atoms with Crippen LogP contribution in [0, 0.1) is 6.92 Å². The van der Waals surface area contributed by atoms with E-state index in [0.29, 0.717) is 10.7 Å². The number of amides is 1.